The number of hydrogen-bond acceptors (Lipinski definition) is 7. The number of nitrogens with one attached hydrogen (secondary N) is 3. The lowest BCUT2D eigenvalue weighted by atomic mass is 10.2. The molecular formula is C30H24N4O3S3. The number of para-hydroxylation sites is 1. The van der Waals surface area contributed by atoms with Crippen molar-refractivity contribution in [2.45, 2.75) is 17.1 Å². The molecule has 0 spiro atoms. The van der Waals surface area contributed by atoms with Crippen molar-refractivity contribution in [1.82, 2.24) is 10.3 Å². The maximum absolute atomic E-state index is 13.3. The van der Waals surface area contributed by atoms with Crippen molar-refractivity contribution < 1.29 is 14.4 Å². The summed E-state index contributed by atoms with van der Waals surface area (Å²) in [4.78, 5) is 45.0. The van der Waals surface area contributed by atoms with Crippen LogP contribution in [0.1, 0.15) is 22.2 Å². The molecule has 2 heterocycles. The molecule has 200 valence electrons. The lowest BCUT2D eigenvalue weighted by Gasteiger charge is -2.13. The van der Waals surface area contributed by atoms with Crippen LogP contribution in [0.5, 0.6) is 0 Å². The quantitative estimate of drug-likeness (QED) is 0.129. The number of rotatable bonds is 9. The number of benzene rings is 3. The number of carbonyl (C=O) groups is 3. The summed E-state index contributed by atoms with van der Waals surface area (Å²) in [5, 5.41) is 10.6. The van der Waals surface area contributed by atoms with E-state index in [4.69, 9.17) is 0 Å². The second-order valence-corrected chi connectivity index (χ2v) is 12.0. The highest BCUT2D eigenvalue weighted by Crippen LogP contribution is 2.29. The molecular weight excluding hydrogens is 561 g/mol. The van der Waals surface area contributed by atoms with Crippen LogP contribution in [-0.4, -0.2) is 28.0 Å². The van der Waals surface area contributed by atoms with Gasteiger partial charge >= 0.3 is 0 Å². The first-order valence-corrected chi connectivity index (χ1v) is 14.9. The first kappa shape index (κ1) is 27.3. The maximum atomic E-state index is 13.3. The van der Waals surface area contributed by atoms with Gasteiger partial charge in [-0.25, -0.2) is 4.98 Å². The molecule has 40 heavy (non-hydrogen) atoms. The highest BCUT2D eigenvalue weighted by Gasteiger charge is 2.18. The number of amides is 3. The SMILES string of the molecule is CC(Sc1cccc(NC(=O)/C(=C/c2cccs2)NC(=O)c2ccccc2)c1)C(=O)Nc1nc2ccccc2s1. The Hall–Kier alpha value is -4.25. The van der Waals surface area contributed by atoms with Crippen LogP contribution in [0.15, 0.2) is 107 Å². The number of anilines is 2. The van der Waals surface area contributed by atoms with Gasteiger partial charge in [0.15, 0.2) is 5.13 Å². The zero-order valence-electron chi connectivity index (χ0n) is 21.3. The average Bonchev–Trinajstić information content (AvgIpc) is 3.62. The average molecular weight is 585 g/mol. The van der Waals surface area contributed by atoms with Crippen molar-refractivity contribution in [2.75, 3.05) is 10.6 Å². The van der Waals surface area contributed by atoms with Crippen molar-refractivity contribution in [2.24, 2.45) is 0 Å². The maximum Gasteiger partial charge on any atom is 0.272 e. The van der Waals surface area contributed by atoms with Gasteiger partial charge in [0.1, 0.15) is 5.70 Å². The summed E-state index contributed by atoms with van der Waals surface area (Å²) in [5.41, 5.74) is 1.96. The summed E-state index contributed by atoms with van der Waals surface area (Å²) >= 11 is 4.26. The summed E-state index contributed by atoms with van der Waals surface area (Å²) in [7, 11) is 0. The van der Waals surface area contributed by atoms with Gasteiger partial charge in [-0.15, -0.1) is 23.1 Å². The molecule has 10 heteroatoms. The van der Waals surface area contributed by atoms with Crippen LogP contribution in [-0.2, 0) is 9.59 Å². The van der Waals surface area contributed by atoms with Gasteiger partial charge in [0.25, 0.3) is 11.8 Å². The number of hydrogen-bond donors (Lipinski definition) is 3. The highest BCUT2D eigenvalue weighted by atomic mass is 32.2. The summed E-state index contributed by atoms with van der Waals surface area (Å²) < 4.78 is 1.01. The summed E-state index contributed by atoms with van der Waals surface area (Å²) in [6, 6.07) is 27.4. The molecule has 5 rings (SSSR count). The monoisotopic (exact) mass is 584 g/mol. The third-order valence-electron chi connectivity index (χ3n) is 5.66. The normalized spacial score (nSPS) is 12.1. The van der Waals surface area contributed by atoms with Gasteiger partial charge in [-0.05, 0) is 66.9 Å². The minimum Gasteiger partial charge on any atom is -0.321 e. The minimum atomic E-state index is -0.457. The molecule has 0 aliphatic rings. The molecule has 3 N–H and O–H groups in total. The molecule has 3 aromatic carbocycles. The van der Waals surface area contributed by atoms with E-state index in [1.165, 1.54) is 34.4 Å². The summed E-state index contributed by atoms with van der Waals surface area (Å²) in [5.74, 6) is -0.999. The topological polar surface area (TPSA) is 100 Å². The van der Waals surface area contributed by atoms with Crippen molar-refractivity contribution in [1.29, 1.82) is 0 Å². The number of nitrogens with zero attached hydrogens (tertiary/aromatic N) is 1. The minimum absolute atomic E-state index is 0.123. The van der Waals surface area contributed by atoms with Crippen LogP contribution in [0.25, 0.3) is 16.3 Å². The van der Waals surface area contributed by atoms with E-state index in [-0.39, 0.29) is 17.5 Å². The van der Waals surface area contributed by atoms with Crippen molar-refractivity contribution in [3.05, 3.63) is 113 Å². The molecule has 0 saturated heterocycles. The molecule has 0 aliphatic carbocycles. The number of thioether (sulfide) groups is 1. The Labute approximate surface area is 243 Å². The van der Waals surface area contributed by atoms with E-state index < -0.39 is 11.2 Å². The number of fused-ring (bicyclic) bond motifs is 1. The van der Waals surface area contributed by atoms with E-state index in [9.17, 15) is 14.4 Å². The lowest BCUT2D eigenvalue weighted by Crippen LogP contribution is -2.30. The first-order valence-electron chi connectivity index (χ1n) is 12.3. The zero-order valence-corrected chi connectivity index (χ0v) is 23.7. The van der Waals surface area contributed by atoms with E-state index in [2.05, 4.69) is 20.9 Å². The smallest absolute Gasteiger partial charge is 0.272 e. The Kier molecular flexibility index (Phi) is 8.70. The van der Waals surface area contributed by atoms with Crippen LogP contribution in [0.3, 0.4) is 0 Å². The predicted octanol–water partition coefficient (Wildman–Crippen LogP) is 6.89. The number of thiazole rings is 1. The fourth-order valence-electron chi connectivity index (χ4n) is 3.69. The zero-order chi connectivity index (χ0) is 27.9. The molecule has 1 unspecified atom stereocenters. The summed E-state index contributed by atoms with van der Waals surface area (Å²) in [6.45, 7) is 1.82. The van der Waals surface area contributed by atoms with Crippen LogP contribution >= 0.6 is 34.4 Å². The van der Waals surface area contributed by atoms with Gasteiger partial charge < -0.3 is 16.0 Å². The van der Waals surface area contributed by atoms with E-state index in [1.54, 1.807) is 48.5 Å². The number of thiophene rings is 1. The van der Waals surface area contributed by atoms with Crippen LogP contribution in [0.4, 0.5) is 10.8 Å². The van der Waals surface area contributed by atoms with Crippen molar-refractivity contribution in [3.63, 3.8) is 0 Å². The van der Waals surface area contributed by atoms with E-state index in [0.717, 1.165) is 20.0 Å². The molecule has 3 amide bonds. The van der Waals surface area contributed by atoms with Crippen molar-refractivity contribution >= 4 is 79.3 Å². The van der Waals surface area contributed by atoms with Gasteiger partial charge in [-0.1, -0.05) is 53.8 Å². The molecule has 0 fully saturated rings. The van der Waals surface area contributed by atoms with Crippen LogP contribution in [0, 0.1) is 0 Å². The second kappa shape index (κ2) is 12.7. The fourth-order valence-corrected chi connectivity index (χ4v) is 6.15. The Morgan fingerprint density at radius 1 is 0.900 bits per heavy atom. The molecule has 2 aromatic heterocycles. The van der Waals surface area contributed by atoms with Gasteiger partial charge in [-0.3, -0.25) is 14.4 Å². The summed E-state index contributed by atoms with van der Waals surface area (Å²) in [6.07, 6.45) is 1.65. The van der Waals surface area contributed by atoms with Crippen LogP contribution < -0.4 is 16.0 Å². The molecule has 0 radical (unpaired) electrons. The molecule has 7 nitrogen and oxygen atoms in total. The standard InChI is InChI=1S/C30H24N4O3S3/c1-19(27(35)34-30-33-24-14-5-6-15-26(24)40-30)39-23-12-7-11-21(17-23)31-29(37)25(18-22-13-8-16-38-22)32-28(36)20-9-3-2-4-10-20/h2-19H,1H3,(H,31,37)(H,32,36)(H,33,34,35)/b25-18-. The van der Waals surface area contributed by atoms with E-state index in [1.807, 2.05) is 60.8 Å². The Balaban J connectivity index is 1.25. The molecule has 5 aromatic rings. The number of carbonyl (C=O) groups excluding carboxylic acids is 3. The molecule has 0 aliphatic heterocycles. The predicted molar refractivity (Wildman–Crippen MR) is 165 cm³/mol. The molecule has 0 bridgehead atoms. The number of aromatic nitrogens is 1. The molecule has 0 saturated carbocycles. The highest BCUT2D eigenvalue weighted by molar-refractivity contribution is 8.00. The lowest BCUT2D eigenvalue weighted by molar-refractivity contribution is -0.115. The fraction of sp³-hybridized carbons (Fsp3) is 0.0667. The third kappa shape index (κ3) is 7.03. The van der Waals surface area contributed by atoms with E-state index in [0.29, 0.717) is 16.4 Å². The Bertz CT molecular complexity index is 1650. The molecule has 1 atom stereocenters. The van der Waals surface area contributed by atoms with Gasteiger partial charge in [0, 0.05) is 21.0 Å². The van der Waals surface area contributed by atoms with Gasteiger partial charge in [-0.2, -0.15) is 0 Å². The van der Waals surface area contributed by atoms with Gasteiger partial charge in [0.2, 0.25) is 5.91 Å². The van der Waals surface area contributed by atoms with E-state index >= 15 is 0 Å². The Morgan fingerprint density at radius 3 is 2.48 bits per heavy atom. The van der Waals surface area contributed by atoms with Crippen molar-refractivity contribution in [3.8, 4) is 0 Å². The third-order valence-corrected chi connectivity index (χ3v) is 8.52. The Morgan fingerprint density at radius 2 is 1.70 bits per heavy atom. The first-order chi connectivity index (χ1) is 19.4. The largest absolute Gasteiger partial charge is 0.321 e. The second-order valence-electron chi connectivity index (χ2n) is 8.61. The van der Waals surface area contributed by atoms with Crippen LogP contribution in [0.2, 0.25) is 0 Å². The van der Waals surface area contributed by atoms with Gasteiger partial charge in [0.05, 0.1) is 15.5 Å².